The Morgan fingerprint density at radius 2 is 2.05 bits per heavy atom. The summed E-state index contributed by atoms with van der Waals surface area (Å²) in [5.74, 6) is 0. The molecule has 0 radical (unpaired) electrons. The summed E-state index contributed by atoms with van der Waals surface area (Å²) < 4.78 is 38.3. The van der Waals surface area contributed by atoms with E-state index in [1.807, 2.05) is 0 Å². The van der Waals surface area contributed by atoms with Crippen LogP contribution < -0.4 is 11.1 Å². The topological polar surface area (TPSA) is 58.4 Å². The molecule has 1 heterocycles. The molecule has 1 aromatic rings. The molecule has 7 heteroatoms. The molecule has 2 rings (SSSR count). The van der Waals surface area contributed by atoms with Gasteiger partial charge in [0, 0.05) is 19.1 Å². The third-order valence-electron chi connectivity index (χ3n) is 2.99. The van der Waals surface area contributed by atoms with Crippen LogP contribution in [0.2, 0.25) is 0 Å². The first-order chi connectivity index (χ1) is 8.88. The Kier molecular flexibility index (Phi) is 3.66. The van der Waals surface area contributed by atoms with Gasteiger partial charge in [0.25, 0.3) is 0 Å². The number of carbonyl (C=O) groups is 1. The standard InChI is InChI=1S/C12H14F3N3O/c13-12(14,15)9-3-1-2-4-10(9)17-11(19)18-6-5-8(16)7-18/h1-4,8H,5-7,16H2,(H,17,19)/t8-/m0/s1. The molecule has 0 aliphatic carbocycles. The van der Waals surface area contributed by atoms with Crippen molar-refractivity contribution in [1.29, 1.82) is 0 Å². The molecule has 1 fully saturated rings. The van der Waals surface area contributed by atoms with Crippen LogP contribution in [0.5, 0.6) is 0 Å². The van der Waals surface area contributed by atoms with E-state index in [-0.39, 0.29) is 11.7 Å². The lowest BCUT2D eigenvalue weighted by molar-refractivity contribution is -0.136. The first-order valence-electron chi connectivity index (χ1n) is 5.85. The van der Waals surface area contributed by atoms with E-state index in [2.05, 4.69) is 5.32 Å². The van der Waals surface area contributed by atoms with Gasteiger partial charge < -0.3 is 16.0 Å². The number of anilines is 1. The molecule has 1 atom stereocenters. The third-order valence-corrected chi connectivity index (χ3v) is 2.99. The summed E-state index contributed by atoms with van der Waals surface area (Å²) in [6.07, 6.45) is -3.83. The summed E-state index contributed by atoms with van der Waals surface area (Å²) in [6, 6.07) is 4.24. The average molecular weight is 273 g/mol. The number of amides is 2. The Bertz CT molecular complexity index is 476. The van der Waals surface area contributed by atoms with Crippen molar-refractivity contribution >= 4 is 11.7 Å². The SMILES string of the molecule is N[C@H]1CCN(C(=O)Nc2ccccc2C(F)(F)F)C1. The number of benzene rings is 1. The predicted molar refractivity (Wildman–Crippen MR) is 64.6 cm³/mol. The smallest absolute Gasteiger partial charge is 0.326 e. The van der Waals surface area contributed by atoms with Gasteiger partial charge >= 0.3 is 12.2 Å². The molecule has 0 spiro atoms. The zero-order chi connectivity index (χ0) is 14.0. The molecular formula is C12H14F3N3O. The average Bonchev–Trinajstić information content (AvgIpc) is 2.75. The van der Waals surface area contributed by atoms with Crippen LogP contribution in [0.1, 0.15) is 12.0 Å². The number of likely N-dealkylation sites (tertiary alicyclic amines) is 1. The molecule has 4 nitrogen and oxygen atoms in total. The van der Waals surface area contributed by atoms with Crippen molar-refractivity contribution in [2.24, 2.45) is 5.73 Å². The lowest BCUT2D eigenvalue weighted by Gasteiger charge is -2.19. The van der Waals surface area contributed by atoms with Crippen molar-refractivity contribution < 1.29 is 18.0 Å². The zero-order valence-corrected chi connectivity index (χ0v) is 10.1. The highest BCUT2D eigenvalue weighted by molar-refractivity contribution is 5.90. The molecule has 19 heavy (non-hydrogen) atoms. The number of para-hydroxylation sites is 1. The van der Waals surface area contributed by atoms with E-state index in [0.29, 0.717) is 19.5 Å². The van der Waals surface area contributed by atoms with E-state index < -0.39 is 17.8 Å². The maximum Gasteiger partial charge on any atom is 0.418 e. The van der Waals surface area contributed by atoms with Crippen LogP contribution in [0.3, 0.4) is 0 Å². The van der Waals surface area contributed by atoms with Crippen LogP contribution in [0.4, 0.5) is 23.7 Å². The van der Waals surface area contributed by atoms with Gasteiger partial charge in [0.1, 0.15) is 0 Å². The van der Waals surface area contributed by atoms with Crippen molar-refractivity contribution in [2.45, 2.75) is 18.6 Å². The van der Waals surface area contributed by atoms with Crippen LogP contribution >= 0.6 is 0 Å². The number of carbonyl (C=O) groups excluding carboxylic acids is 1. The molecule has 2 amide bonds. The minimum atomic E-state index is -4.49. The van der Waals surface area contributed by atoms with Gasteiger partial charge in [-0.3, -0.25) is 0 Å². The molecule has 0 aromatic heterocycles. The number of halogens is 3. The summed E-state index contributed by atoms with van der Waals surface area (Å²) in [6.45, 7) is 0.821. The maximum absolute atomic E-state index is 12.8. The van der Waals surface area contributed by atoms with E-state index in [9.17, 15) is 18.0 Å². The highest BCUT2D eigenvalue weighted by atomic mass is 19.4. The second-order valence-electron chi connectivity index (χ2n) is 4.47. The van der Waals surface area contributed by atoms with Crippen molar-refractivity contribution in [2.75, 3.05) is 18.4 Å². The minimum absolute atomic E-state index is 0.108. The van der Waals surface area contributed by atoms with Crippen molar-refractivity contribution in [1.82, 2.24) is 4.90 Å². The summed E-state index contributed by atoms with van der Waals surface area (Å²) in [5, 5.41) is 2.29. The molecule has 1 saturated heterocycles. The fourth-order valence-corrected chi connectivity index (χ4v) is 2.01. The van der Waals surface area contributed by atoms with Crippen molar-refractivity contribution in [3.8, 4) is 0 Å². The van der Waals surface area contributed by atoms with E-state index >= 15 is 0 Å². The number of hydrogen-bond donors (Lipinski definition) is 2. The van der Waals surface area contributed by atoms with Crippen molar-refractivity contribution in [3.63, 3.8) is 0 Å². The summed E-state index contributed by atoms with van der Waals surface area (Å²) >= 11 is 0. The lowest BCUT2D eigenvalue weighted by Crippen LogP contribution is -2.35. The second kappa shape index (κ2) is 5.08. The first-order valence-corrected chi connectivity index (χ1v) is 5.85. The highest BCUT2D eigenvalue weighted by Gasteiger charge is 2.34. The normalized spacial score (nSPS) is 19.6. The third kappa shape index (κ3) is 3.17. The van der Waals surface area contributed by atoms with Crippen LogP contribution in [0.25, 0.3) is 0 Å². The fourth-order valence-electron chi connectivity index (χ4n) is 2.01. The summed E-state index contributed by atoms with van der Waals surface area (Å²) in [5.41, 5.74) is 4.56. The quantitative estimate of drug-likeness (QED) is 0.824. The van der Waals surface area contributed by atoms with Crippen LogP contribution in [0.15, 0.2) is 24.3 Å². The Hall–Kier alpha value is -1.76. The van der Waals surface area contributed by atoms with Crippen LogP contribution in [-0.2, 0) is 6.18 Å². The summed E-state index contributed by atoms with van der Waals surface area (Å²) in [4.78, 5) is 13.2. The number of alkyl halides is 3. The number of urea groups is 1. The van der Waals surface area contributed by atoms with Gasteiger partial charge in [-0.05, 0) is 18.6 Å². The largest absolute Gasteiger partial charge is 0.418 e. The van der Waals surface area contributed by atoms with Gasteiger partial charge in [-0.1, -0.05) is 12.1 Å². The predicted octanol–water partition coefficient (Wildman–Crippen LogP) is 2.27. The summed E-state index contributed by atoms with van der Waals surface area (Å²) in [7, 11) is 0. The van der Waals surface area contributed by atoms with Crippen LogP contribution in [-0.4, -0.2) is 30.1 Å². The zero-order valence-electron chi connectivity index (χ0n) is 10.1. The Morgan fingerprint density at radius 1 is 1.37 bits per heavy atom. The van der Waals surface area contributed by atoms with E-state index in [1.165, 1.54) is 23.1 Å². The highest BCUT2D eigenvalue weighted by Crippen LogP contribution is 2.34. The van der Waals surface area contributed by atoms with Crippen molar-refractivity contribution in [3.05, 3.63) is 29.8 Å². The number of hydrogen-bond acceptors (Lipinski definition) is 2. The van der Waals surface area contributed by atoms with Gasteiger partial charge in [0.15, 0.2) is 0 Å². The molecule has 0 bridgehead atoms. The number of nitrogens with two attached hydrogens (primary N) is 1. The van der Waals surface area contributed by atoms with Gasteiger partial charge in [0.2, 0.25) is 0 Å². The van der Waals surface area contributed by atoms with Gasteiger partial charge in [-0.25, -0.2) is 4.79 Å². The fraction of sp³-hybridized carbons (Fsp3) is 0.417. The van der Waals surface area contributed by atoms with Gasteiger partial charge in [-0.15, -0.1) is 0 Å². The molecule has 0 unspecified atom stereocenters. The molecule has 1 aromatic carbocycles. The number of nitrogens with one attached hydrogen (secondary N) is 1. The molecule has 1 aliphatic heterocycles. The second-order valence-corrected chi connectivity index (χ2v) is 4.47. The van der Waals surface area contributed by atoms with Gasteiger partial charge in [-0.2, -0.15) is 13.2 Å². The number of nitrogens with zero attached hydrogens (tertiary/aromatic N) is 1. The molecular weight excluding hydrogens is 259 g/mol. The minimum Gasteiger partial charge on any atom is -0.326 e. The molecule has 104 valence electrons. The Morgan fingerprint density at radius 3 is 2.63 bits per heavy atom. The van der Waals surface area contributed by atoms with E-state index in [1.54, 1.807) is 0 Å². The molecule has 0 saturated carbocycles. The van der Waals surface area contributed by atoms with Gasteiger partial charge in [0.05, 0.1) is 11.3 Å². The van der Waals surface area contributed by atoms with E-state index in [4.69, 9.17) is 5.73 Å². The molecule has 1 aliphatic rings. The van der Waals surface area contributed by atoms with E-state index in [0.717, 1.165) is 6.07 Å². The lowest BCUT2D eigenvalue weighted by atomic mass is 10.1. The number of rotatable bonds is 1. The Labute approximate surface area is 108 Å². The Balaban J connectivity index is 2.13. The molecule has 3 N–H and O–H groups in total. The van der Waals surface area contributed by atoms with Crippen LogP contribution in [0, 0.1) is 0 Å². The monoisotopic (exact) mass is 273 g/mol. The first kappa shape index (κ1) is 13.7. The maximum atomic E-state index is 12.8.